The van der Waals surface area contributed by atoms with E-state index in [9.17, 15) is 0 Å². The van der Waals surface area contributed by atoms with Gasteiger partial charge < -0.3 is 25.0 Å². The molecule has 0 bridgehead atoms. The highest BCUT2D eigenvalue weighted by molar-refractivity contribution is 5.93. The molecule has 0 aliphatic carbocycles. The van der Waals surface area contributed by atoms with Gasteiger partial charge in [0.15, 0.2) is 17.5 Å². The maximum absolute atomic E-state index is 5.65. The number of piperidine rings is 1. The molecule has 6 heteroatoms. The van der Waals surface area contributed by atoms with E-state index in [4.69, 9.17) is 14.5 Å². The van der Waals surface area contributed by atoms with E-state index in [1.165, 1.54) is 25.9 Å². The Balaban J connectivity index is 1.95. The Labute approximate surface area is 158 Å². The van der Waals surface area contributed by atoms with Crippen molar-refractivity contribution < 1.29 is 9.47 Å². The summed E-state index contributed by atoms with van der Waals surface area (Å²) < 4.78 is 11.0. The van der Waals surface area contributed by atoms with Crippen LogP contribution in [0.5, 0.6) is 11.5 Å². The molecule has 1 fully saturated rings. The minimum atomic E-state index is 0.602. The zero-order valence-electron chi connectivity index (χ0n) is 16.7. The second kappa shape index (κ2) is 10.9. The number of ether oxygens (including phenoxy) is 2. The van der Waals surface area contributed by atoms with Gasteiger partial charge in [0.25, 0.3) is 0 Å². The number of hydrogen-bond acceptors (Lipinski definition) is 4. The van der Waals surface area contributed by atoms with Crippen molar-refractivity contribution in [1.29, 1.82) is 0 Å². The van der Waals surface area contributed by atoms with Crippen LogP contribution in [0, 0.1) is 5.92 Å². The standard InChI is InChI=1S/C20H34N4O2/c1-5-21-20(22-12-9-16-10-13-24(3)14-11-16)23-17-7-8-18(25-4)19(15-17)26-6-2/h7-8,15-16H,5-6,9-14H2,1-4H3,(H2,21,22,23). The molecule has 1 aliphatic rings. The molecule has 1 aliphatic heterocycles. The molecule has 1 heterocycles. The number of anilines is 1. The molecule has 0 aromatic heterocycles. The Morgan fingerprint density at radius 3 is 2.65 bits per heavy atom. The van der Waals surface area contributed by atoms with Crippen molar-refractivity contribution in [3.63, 3.8) is 0 Å². The smallest absolute Gasteiger partial charge is 0.195 e. The summed E-state index contributed by atoms with van der Waals surface area (Å²) in [6, 6.07) is 5.84. The monoisotopic (exact) mass is 362 g/mol. The summed E-state index contributed by atoms with van der Waals surface area (Å²) in [5.41, 5.74) is 0.938. The molecule has 0 spiro atoms. The highest BCUT2D eigenvalue weighted by Crippen LogP contribution is 2.30. The first-order chi connectivity index (χ1) is 12.7. The van der Waals surface area contributed by atoms with Gasteiger partial charge in [-0.2, -0.15) is 0 Å². The molecule has 2 N–H and O–H groups in total. The Morgan fingerprint density at radius 1 is 1.23 bits per heavy atom. The number of benzene rings is 1. The van der Waals surface area contributed by atoms with E-state index in [0.29, 0.717) is 6.61 Å². The van der Waals surface area contributed by atoms with E-state index in [0.717, 1.165) is 48.6 Å². The van der Waals surface area contributed by atoms with E-state index in [1.807, 2.05) is 25.1 Å². The molecule has 0 amide bonds. The van der Waals surface area contributed by atoms with Gasteiger partial charge >= 0.3 is 0 Å². The minimum Gasteiger partial charge on any atom is -0.493 e. The topological polar surface area (TPSA) is 58.1 Å². The molecule has 1 aromatic rings. The van der Waals surface area contributed by atoms with Crippen molar-refractivity contribution in [2.45, 2.75) is 33.1 Å². The number of aliphatic imine (C=N–C) groups is 1. The summed E-state index contributed by atoms with van der Waals surface area (Å²) in [6.45, 7) is 8.73. The van der Waals surface area contributed by atoms with Crippen molar-refractivity contribution in [3.8, 4) is 11.5 Å². The molecular weight excluding hydrogens is 328 g/mol. The lowest BCUT2D eigenvalue weighted by atomic mass is 9.94. The average molecular weight is 363 g/mol. The molecule has 0 saturated carbocycles. The molecule has 26 heavy (non-hydrogen) atoms. The van der Waals surface area contributed by atoms with Gasteiger partial charge in [-0.15, -0.1) is 0 Å². The lowest BCUT2D eigenvalue weighted by Gasteiger charge is -2.28. The summed E-state index contributed by atoms with van der Waals surface area (Å²) in [5.74, 6) is 3.08. The van der Waals surface area contributed by atoms with Crippen LogP contribution >= 0.6 is 0 Å². The van der Waals surface area contributed by atoms with E-state index < -0.39 is 0 Å². The fraction of sp³-hybridized carbons (Fsp3) is 0.650. The summed E-state index contributed by atoms with van der Waals surface area (Å²) in [7, 11) is 3.85. The quantitative estimate of drug-likeness (QED) is 0.549. The van der Waals surface area contributed by atoms with Crippen molar-refractivity contribution in [2.24, 2.45) is 10.9 Å². The van der Waals surface area contributed by atoms with Crippen LogP contribution in [-0.4, -0.2) is 57.8 Å². The maximum Gasteiger partial charge on any atom is 0.195 e. The van der Waals surface area contributed by atoms with Gasteiger partial charge in [0, 0.05) is 24.8 Å². The maximum atomic E-state index is 5.65. The summed E-state index contributed by atoms with van der Waals surface area (Å²) >= 11 is 0. The predicted octanol–water partition coefficient (Wildman–Crippen LogP) is 3.20. The minimum absolute atomic E-state index is 0.602. The fourth-order valence-corrected chi connectivity index (χ4v) is 3.18. The molecule has 0 radical (unpaired) electrons. The molecular formula is C20H34N4O2. The first kappa shape index (κ1) is 20.4. The number of rotatable bonds is 8. The van der Waals surface area contributed by atoms with E-state index in [2.05, 4.69) is 29.5 Å². The van der Waals surface area contributed by atoms with Gasteiger partial charge in [-0.25, -0.2) is 0 Å². The number of nitrogens with zero attached hydrogens (tertiary/aromatic N) is 2. The van der Waals surface area contributed by atoms with Crippen LogP contribution in [-0.2, 0) is 0 Å². The Bertz CT molecular complexity index is 569. The zero-order valence-corrected chi connectivity index (χ0v) is 16.7. The molecule has 1 saturated heterocycles. The number of methoxy groups -OCH3 is 1. The third-order valence-electron chi connectivity index (χ3n) is 4.72. The number of hydrogen-bond donors (Lipinski definition) is 2. The SMILES string of the molecule is CCNC(=NCCC1CCN(C)CC1)Nc1ccc(OC)c(OCC)c1. The Hall–Kier alpha value is -1.95. The molecule has 2 rings (SSSR count). The van der Waals surface area contributed by atoms with Gasteiger partial charge in [-0.1, -0.05) is 0 Å². The number of likely N-dealkylation sites (tertiary alicyclic amines) is 1. The fourth-order valence-electron chi connectivity index (χ4n) is 3.18. The Morgan fingerprint density at radius 2 is 2.00 bits per heavy atom. The van der Waals surface area contributed by atoms with Crippen molar-refractivity contribution >= 4 is 11.6 Å². The number of guanidine groups is 1. The van der Waals surface area contributed by atoms with Gasteiger partial charge in [0.05, 0.1) is 13.7 Å². The van der Waals surface area contributed by atoms with Crippen LogP contribution in [0.4, 0.5) is 5.69 Å². The average Bonchev–Trinajstić information content (AvgIpc) is 2.64. The Kier molecular flexibility index (Phi) is 8.54. The highest BCUT2D eigenvalue weighted by atomic mass is 16.5. The number of nitrogens with one attached hydrogen (secondary N) is 2. The van der Waals surface area contributed by atoms with Crippen LogP contribution in [0.1, 0.15) is 33.1 Å². The first-order valence-electron chi connectivity index (χ1n) is 9.71. The van der Waals surface area contributed by atoms with Crippen LogP contribution < -0.4 is 20.1 Å². The first-order valence-corrected chi connectivity index (χ1v) is 9.71. The summed E-state index contributed by atoms with van der Waals surface area (Å²) in [5, 5.41) is 6.68. The van der Waals surface area contributed by atoms with Gasteiger partial charge in [-0.3, -0.25) is 4.99 Å². The van der Waals surface area contributed by atoms with Crippen LogP contribution in [0.2, 0.25) is 0 Å². The van der Waals surface area contributed by atoms with Crippen molar-refractivity contribution in [2.75, 3.05) is 52.3 Å². The summed E-state index contributed by atoms with van der Waals surface area (Å²) in [4.78, 5) is 7.16. The third kappa shape index (κ3) is 6.41. The van der Waals surface area contributed by atoms with Gasteiger partial charge in [0.2, 0.25) is 0 Å². The molecule has 1 aromatic carbocycles. The van der Waals surface area contributed by atoms with Crippen molar-refractivity contribution in [1.82, 2.24) is 10.2 Å². The highest BCUT2D eigenvalue weighted by Gasteiger charge is 2.16. The lowest BCUT2D eigenvalue weighted by Crippen LogP contribution is -2.32. The van der Waals surface area contributed by atoms with E-state index >= 15 is 0 Å². The van der Waals surface area contributed by atoms with E-state index in [1.54, 1.807) is 7.11 Å². The van der Waals surface area contributed by atoms with Gasteiger partial charge in [-0.05, 0) is 71.3 Å². The predicted molar refractivity (Wildman–Crippen MR) is 109 cm³/mol. The third-order valence-corrected chi connectivity index (χ3v) is 4.72. The second-order valence-electron chi connectivity index (χ2n) is 6.72. The van der Waals surface area contributed by atoms with Crippen molar-refractivity contribution in [3.05, 3.63) is 18.2 Å². The molecule has 146 valence electrons. The van der Waals surface area contributed by atoms with Crippen LogP contribution in [0.3, 0.4) is 0 Å². The molecule has 0 unspecified atom stereocenters. The van der Waals surface area contributed by atoms with Crippen LogP contribution in [0.25, 0.3) is 0 Å². The lowest BCUT2D eigenvalue weighted by molar-refractivity contribution is 0.214. The zero-order chi connectivity index (χ0) is 18.8. The van der Waals surface area contributed by atoms with Gasteiger partial charge in [0.1, 0.15) is 0 Å². The molecule has 0 atom stereocenters. The normalized spacial score (nSPS) is 16.4. The van der Waals surface area contributed by atoms with Crippen LogP contribution in [0.15, 0.2) is 23.2 Å². The largest absolute Gasteiger partial charge is 0.493 e. The molecule has 6 nitrogen and oxygen atoms in total. The summed E-state index contributed by atoms with van der Waals surface area (Å²) in [6.07, 6.45) is 3.72. The van der Waals surface area contributed by atoms with E-state index in [-0.39, 0.29) is 0 Å². The second-order valence-corrected chi connectivity index (χ2v) is 6.72.